The lowest BCUT2D eigenvalue weighted by molar-refractivity contribution is 0.102. The molecule has 2 N–H and O–H groups in total. The molecule has 0 unspecified atom stereocenters. The zero-order chi connectivity index (χ0) is 19.6. The van der Waals surface area contributed by atoms with E-state index in [9.17, 15) is 13.2 Å². The topological polar surface area (TPSA) is 101 Å². The number of hydrogen-bond acceptors (Lipinski definition) is 6. The van der Waals surface area contributed by atoms with Crippen LogP contribution in [0.4, 0.5) is 10.8 Å². The highest BCUT2D eigenvalue weighted by Crippen LogP contribution is 2.25. The van der Waals surface area contributed by atoms with Crippen molar-refractivity contribution in [1.82, 2.24) is 10.2 Å². The summed E-state index contributed by atoms with van der Waals surface area (Å²) in [6.45, 7) is 3.73. The molecule has 0 aliphatic rings. The summed E-state index contributed by atoms with van der Waals surface area (Å²) in [5, 5.41) is 10.1. The van der Waals surface area contributed by atoms with E-state index >= 15 is 0 Å². The average Bonchev–Trinajstić information content (AvgIpc) is 3.07. The molecule has 0 aliphatic carbocycles. The summed E-state index contributed by atoms with van der Waals surface area (Å²) in [7, 11) is -3.90. The molecule has 10 heteroatoms. The molecule has 0 aliphatic heterocycles. The van der Waals surface area contributed by atoms with Crippen LogP contribution in [0.2, 0.25) is 0 Å². The monoisotopic (exact) mass is 466 g/mol. The van der Waals surface area contributed by atoms with E-state index in [0.717, 1.165) is 26.9 Å². The fraction of sp³-hybridized carbons (Fsp3) is 0.118. The summed E-state index contributed by atoms with van der Waals surface area (Å²) >= 11 is 4.15. The van der Waals surface area contributed by atoms with E-state index in [0.29, 0.717) is 11.3 Å². The van der Waals surface area contributed by atoms with E-state index in [4.69, 9.17) is 0 Å². The fourth-order valence-corrected chi connectivity index (χ4v) is 4.42. The number of benzene rings is 2. The van der Waals surface area contributed by atoms with Crippen LogP contribution in [-0.4, -0.2) is 24.5 Å². The predicted molar refractivity (Wildman–Crippen MR) is 109 cm³/mol. The first-order valence-corrected chi connectivity index (χ1v) is 10.8. The second-order valence-electron chi connectivity index (χ2n) is 5.77. The van der Waals surface area contributed by atoms with Crippen LogP contribution < -0.4 is 10.0 Å². The van der Waals surface area contributed by atoms with Gasteiger partial charge in [-0.3, -0.25) is 14.8 Å². The highest BCUT2D eigenvalue weighted by atomic mass is 79.9. The maximum atomic E-state index is 12.5. The maximum Gasteiger partial charge on any atom is 0.291 e. The van der Waals surface area contributed by atoms with E-state index in [1.807, 2.05) is 19.9 Å². The number of hydrogen-bond donors (Lipinski definition) is 2. The molecular formula is C17H15BrN4O3S2. The Hall–Kier alpha value is -2.30. The summed E-state index contributed by atoms with van der Waals surface area (Å²) in [5.41, 5.74) is 2.70. The number of rotatable bonds is 5. The number of anilines is 2. The molecule has 7 nitrogen and oxygen atoms in total. The number of aryl methyl sites for hydroxylation is 2. The molecule has 0 spiro atoms. The van der Waals surface area contributed by atoms with Crippen molar-refractivity contribution in [1.29, 1.82) is 0 Å². The standard InChI is InChI=1S/C17H15BrN4O3S2/c1-10-4-3-5-12(8-10)15(23)19-16-20-21-17(26-16)27(24,25)22-13-6-7-14(18)11(2)9-13/h3-9,22H,1-2H3,(H,19,20,23). The van der Waals surface area contributed by atoms with Crippen molar-refractivity contribution in [3.63, 3.8) is 0 Å². The third kappa shape index (κ3) is 4.71. The van der Waals surface area contributed by atoms with E-state index in [1.54, 1.807) is 36.4 Å². The molecule has 3 aromatic rings. The van der Waals surface area contributed by atoms with Gasteiger partial charge in [0, 0.05) is 15.7 Å². The van der Waals surface area contributed by atoms with Crippen LogP contribution >= 0.6 is 27.3 Å². The summed E-state index contributed by atoms with van der Waals surface area (Å²) < 4.78 is 28.1. The molecule has 3 rings (SSSR count). The molecular weight excluding hydrogens is 452 g/mol. The Labute approximate surface area is 169 Å². The molecule has 0 bridgehead atoms. The van der Waals surface area contributed by atoms with Gasteiger partial charge in [0.05, 0.1) is 0 Å². The largest absolute Gasteiger partial charge is 0.296 e. The number of aromatic nitrogens is 2. The Morgan fingerprint density at radius 3 is 2.59 bits per heavy atom. The van der Waals surface area contributed by atoms with Gasteiger partial charge in [-0.15, -0.1) is 10.2 Å². The number of nitrogens with one attached hydrogen (secondary N) is 2. The van der Waals surface area contributed by atoms with E-state index in [1.165, 1.54) is 0 Å². The minimum atomic E-state index is -3.90. The van der Waals surface area contributed by atoms with E-state index in [-0.39, 0.29) is 15.4 Å². The molecule has 0 radical (unpaired) electrons. The predicted octanol–water partition coefficient (Wildman–Crippen LogP) is 3.97. The summed E-state index contributed by atoms with van der Waals surface area (Å²) in [6, 6.07) is 12.1. The first kappa shape index (κ1) is 19.5. The Morgan fingerprint density at radius 1 is 1.11 bits per heavy atom. The molecule has 1 aromatic heterocycles. The first-order valence-electron chi connectivity index (χ1n) is 7.75. The van der Waals surface area contributed by atoms with E-state index < -0.39 is 10.0 Å². The van der Waals surface area contributed by atoms with Crippen molar-refractivity contribution in [2.75, 3.05) is 10.0 Å². The van der Waals surface area contributed by atoms with Crippen LogP contribution in [0.5, 0.6) is 0 Å². The van der Waals surface area contributed by atoms with Crippen LogP contribution in [0, 0.1) is 13.8 Å². The highest BCUT2D eigenvalue weighted by Gasteiger charge is 2.21. The maximum absolute atomic E-state index is 12.5. The van der Waals surface area contributed by atoms with Crippen molar-refractivity contribution in [2.45, 2.75) is 18.2 Å². The van der Waals surface area contributed by atoms with Crippen molar-refractivity contribution in [3.05, 3.63) is 63.6 Å². The number of carbonyl (C=O) groups is 1. The highest BCUT2D eigenvalue weighted by molar-refractivity contribution is 9.10. The van der Waals surface area contributed by atoms with Crippen LogP contribution in [0.3, 0.4) is 0 Å². The zero-order valence-electron chi connectivity index (χ0n) is 14.4. The van der Waals surface area contributed by atoms with Crippen LogP contribution in [0.25, 0.3) is 0 Å². The van der Waals surface area contributed by atoms with Gasteiger partial charge in [-0.25, -0.2) is 0 Å². The lowest BCUT2D eigenvalue weighted by atomic mass is 10.1. The van der Waals surface area contributed by atoms with Crippen molar-refractivity contribution >= 4 is 54.0 Å². The second kappa shape index (κ2) is 7.75. The summed E-state index contributed by atoms with van der Waals surface area (Å²) in [6.07, 6.45) is 0. The first-order chi connectivity index (χ1) is 12.7. The Balaban J connectivity index is 1.75. The van der Waals surface area contributed by atoms with Gasteiger partial charge in [-0.2, -0.15) is 8.42 Å². The smallest absolute Gasteiger partial charge is 0.291 e. The number of carbonyl (C=O) groups excluding carboxylic acids is 1. The summed E-state index contributed by atoms with van der Waals surface area (Å²) in [4.78, 5) is 12.2. The Morgan fingerprint density at radius 2 is 1.89 bits per heavy atom. The van der Waals surface area contributed by atoms with Crippen LogP contribution in [0.15, 0.2) is 51.3 Å². The quantitative estimate of drug-likeness (QED) is 0.553. The zero-order valence-corrected chi connectivity index (χ0v) is 17.6. The van der Waals surface area contributed by atoms with Gasteiger partial charge in [0.15, 0.2) is 0 Å². The molecule has 0 saturated heterocycles. The normalized spacial score (nSPS) is 11.2. The average molecular weight is 467 g/mol. The lowest BCUT2D eigenvalue weighted by Crippen LogP contribution is -2.12. The van der Waals surface area contributed by atoms with Gasteiger partial charge in [0.2, 0.25) is 5.13 Å². The third-order valence-electron chi connectivity index (χ3n) is 3.55. The molecule has 0 fully saturated rings. The van der Waals surface area contributed by atoms with Gasteiger partial charge >= 0.3 is 0 Å². The number of nitrogens with zero attached hydrogens (tertiary/aromatic N) is 2. The molecule has 27 heavy (non-hydrogen) atoms. The Kier molecular flexibility index (Phi) is 5.59. The van der Waals surface area contributed by atoms with Crippen molar-refractivity contribution < 1.29 is 13.2 Å². The molecule has 1 heterocycles. The minimum absolute atomic E-state index is 0.105. The summed E-state index contributed by atoms with van der Waals surface area (Å²) in [5.74, 6) is -0.379. The van der Waals surface area contributed by atoms with Gasteiger partial charge in [-0.1, -0.05) is 45.0 Å². The molecule has 2 aromatic carbocycles. The van der Waals surface area contributed by atoms with Crippen molar-refractivity contribution in [2.24, 2.45) is 0 Å². The molecule has 140 valence electrons. The number of halogens is 1. The minimum Gasteiger partial charge on any atom is -0.296 e. The number of amides is 1. The fourth-order valence-electron chi connectivity index (χ4n) is 2.23. The van der Waals surface area contributed by atoms with E-state index in [2.05, 4.69) is 36.2 Å². The van der Waals surface area contributed by atoms with Crippen LogP contribution in [-0.2, 0) is 10.0 Å². The van der Waals surface area contributed by atoms with Gasteiger partial charge in [-0.05, 0) is 49.7 Å². The molecule has 0 saturated carbocycles. The lowest BCUT2D eigenvalue weighted by Gasteiger charge is -2.06. The second-order valence-corrected chi connectivity index (χ2v) is 9.45. The van der Waals surface area contributed by atoms with Gasteiger partial charge < -0.3 is 0 Å². The molecule has 0 atom stereocenters. The SMILES string of the molecule is Cc1cccc(C(=O)Nc2nnc(S(=O)(=O)Nc3ccc(Br)c(C)c3)s2)c1. The molecule has 1 amide bonds. The Bertz CT molecular complexity index is 1110. The van der Waals surface area contributed by atoms with Gasteiger partial charge in [0.1, 0.15) is 0 Å². The van der Waals surface area contributed by atoms with Gasteiger partial charge in [0.25, 0.3) is 20.3 Å². The number of sulfonamides is 1. The third-order valence-corrected chi connectivity index (χ3v) is 7.02. The van der Waals surface area contributed by atoms with Crippen molar-refractivity contribution in [3.8, 4) is 0 Å². The van der Waals surface area contributed by atoms with Crippen LogP contribution in [0.1, 0.15) is 21.5 Å².